The molecular weight excluding hydrogens is 174 g/mol. The lowest BCUT2D eigenvalue weighted by Crippen LogP contribution is -1.90. The average Bonchev–Trinajstić information content (AvgIpc) is 2.21. The second kappa shape index (κ2) is 12.9. The summed E-state index contributed by atoms with van der Waals surface area (Å²) in [4.78, 5) is 4.01. The van der Waals surface area contributed by atoms with Crippen molar-refractivity contribution < 1.29 is 4.84 Å². The first-order valence-electron chi connectivity index (χ1n) is 6.18. The van der Waals surface area contributed by atoms with Crippen LogP contribution in [0.4, 0.5) is 0 Å². The van der Waals surface area contributed by atoms with Gasteiger partial charge in [0, 0.05) is 5.90 Å². The Bertz CT molecular complexity index is 84.3. The number of unbranched alkanes of at least 4 members (excludes halogenated alkanes) is 9. The van der Waals surface area contributed by atoms with Crippen molar-refractivity contribution in [1.82, 2.24) is 5.90 Å². The van der Waals surface area contributed by atoms with Gasteiger partial charge in [-0.3, -0.25) is 4.84 Å². The second-order valence-corrected chi connectivity index (χ2v) is 4.02. The van der Waals surface area contributed by atoms with Gasteiger partial charge in [0.25, 0.3) is 0 Å². The van der Waals surface area contributed by atoms with Crippen LogP contribution in [0.25, 0.3) is 0 Å². The first-order valence-corrected chi connectivity index (χ1v) is 6.18. The number of hydrogen-bond acceptors (Lipinski definition) is 1. The van der Waals surface area contributed by atoms with Gasteiger partial charge in [0.2, 0.25) is 0 Å². The molecule has 0 unspecified atom stereocenters. The summed E-state index contributed by atoms with van der Waals surface area (Å²) in [6, 6.07) is 0. The Morgan fingerprint density at radius 2 is 1.14 bits per heavy atom. The van der Waals surface area contributed by atoms with Crippen LogP contribution in [0.5, 0.6) is 0 Å². The van der Waals surface area contributed by atoms with Crippen LogP contribution in [0.1, 0.15) is 71.1 Å². The van der Waals surface area contributed by atoms with Gasteiger partial charge in [-0.15, -0.1) is 0 Å². The largest absolute Gasteiger partial charge is 0.264 e. The lowest BCUT2D eigenvalue weighted by atomic mass is 10.1. The molecule has 0 aliphatic rings. The molecule has 0 aromatic heterocycles. The lowest BCUT2D eigenvalue weighted by molar-refractivity contribution is 0.114. The molecule has 0 bridgehead atoms. The monoisotopic (exact) mass is 199 g/mol. The highest BCUT2D eigenvalue weighted by Gasteiger charge is 1.92. The van der Waals surface area contributed by atoms with Crippen LogP contribution < -0.4 is 5.90 Å². The molecule has 2 radical (unpaired) electrons. The van der Waals surface area contributed by atoms with Gasteiger partial charge in [0.05, 0.1) is 6.61 Å². The van der Waals surface area contributed by atoms with Gasteiger partial charge in [-0.1, -0.05) is 64.7 Å². The summed E-state index contributed by atoms with van der Waals surface area (Å²) in [6.45, 7) is 2.75. The minimum atomic E-state index is 0.497. The van der Waals surface area contributed by atoms with E-state index in [0.717, 1.165) is 6.42 Å². The van der Waals surface area contributed by atoms with E-state index >= 15 is 0 Å². The molecule has 0 saturated heterocycles. The van der Waals surface area contributed by atoms with Crippen molar-refractivity contribution in [2.24, 2.45) is 0 Å². The molecule has 0 spiro atoms. The molecule has 0 heterocycles. The van der Waals surface area contributed by atoms with E-state index in [-0.39, 0.29) is 0 Å². The Balaban J connectivity index is 2.78. The van der Waals surface area contributed by atoms with Crippen LogP contribution >= 0.6 is 0 Å². The van der Waals surface area contributed by atoms with Crippen LogP contribution in [0.2, 0.25) is 0 Å². The van der Waals surface area contributed by atoms with Gasteiger partial charge < -0.3 is 0 Å². The molecule has 0 rings (SSSR count). The van der Waals surface area contributed by atoms with Gasteiger partial charge in [-0.2, -0.15) is 0 Å². The number of hydrogen-bond donors (Lipinski definition) is 0. The third-order valence-corrected chi connectivity index (χ3v) is 2.59. The first kappa shape index (κ1) is 13.9. The highest BCUT2D eigenvalue weighted by atomic mass is 16.6. The maximum absolute atomic E-state index is 8.09. The van der Waals surface area contributed by atoms with Crippen molar-refractivity contribution in [3.8, 4) is 0 Å². The maximum atomic E-state index is 8.09. The normalized spacial score (nSPS) is 10.7. The summed E-state index contributed by atoms with van der Waals surface area (Å²) in [5.74, 6) is 8.09. The summed E-state index contributed by atoms with van der Waals surface area (Å²) in [5.41, 5.74) is 0. The van der Waals surface area contributed by atoms with E-state index in [2.05, 4.69) is 11.8 Å². The molecule has 0 aromatic rings. The van der Waals surface area contributed by atoms with Gasteiger partial charge in [-0.05, 0) is 6.42 Å². The van der Waals surface area contributed by atoms with E-state index in [1.807, 2.05) is 0 Å². The third kappa shape index (κ3) is 11.9. The second-order valence-electron chi connectivity index (χ2n) is 4.02. The van der Waals surface area contributed by atoms with E-state index in [0.29, 0.717) is 6.61 Å². The first-order chi connectivity index (χ1) is 6.91. The summed E-state index contributed by atoms with van der Waals surface area (Å²) in [7, 11) is 0. The highest BCUT2D eigenvalue weighted by Crippen LogP contribution is 2.10. The van der Waals surface area contributed by atoms with Crippen LogP contribution in [-0.4, -0.2) is 6.61 Å². The Kier molecular flexibility index (Phi) is 12.8. The lowest BCUT2D eigenvalue weighted by Gasteiger charge is -2.01. The summed E-state index contributed by atoms with van der Waals surface area (Å²) < 4.78 is 0. The summed E-state index contributed by atoms with van der Waals surface area (Å²) >= 11 is 0. The van der Waals surface area contributed by atoms with Gasteiger partial charge in [0.1, 0.15) is 0 Å². The van der Waals surface area contributed by atoms with Crippen LogP contribution in [0.3, 0.4) is 0 Å². The summed E-state index contributed by atoms with van der Waals surface area (Å²) in [6.07, 6.45) is 13.1. The van der Waals surface area contributed by atoms with Crippen LogP contribution in [-0.2, 0) is 4.84 Å². The third-order valence-electron chi connectivity index (χ3n) is 2.59. The van der Waals surface area contributed by atoms with Gasteiger partial charge >= 0.3 is 0 Å². The Labute approximate surface area is 89.2 Å². The zero-order valence-corrected chi connectivity index (χ0v) is 9.63. The molecule has 0 amide bonds. The maximum Gasteiger partial charge on any atom is 0.0720 e. The fourth-order valence-electron chi connectivity index (χ4n) is 1.65. The molecule has 84 valence electrons. The quantitative estimate of drug-likeness (QED) is 0.367. The zero-order chi connectivity index (χ0) is 10.5. The standard InChI is InChI=1S/C12H25NO/c1-2-3-4-5-6-7-8-9-10-11-12-14-13/h2-12H2,1H3. The predicted molar refractivity (Wildman–Crippen MR) is 59.9 cm³/mol. The van der Waals surface area contributed by atoms with Crippen LogP contribution in [0.15, 0.2) is 0 Å². The molecule has 0 N–H and O–H groups in total. The Morgan fingerprint density at radius 3 is 1.57 bits per heavy atom. The molecule has 2 nitrogen and oxygen atoms in total. The fraction of sp³-hybridized carbons (Fsp3) is 1.00. The molecular formula is C12H25NO. The van der Waals surface area contributed by atoms with E-state index in [1.165, 1.54) is 57.8 Å². The van der Waals surface area contributed by atoms with Gasteiger partial charge in [0.15, 0.2) is 0 Å². The number of nitrogens with zero attached hydrogens (tertiary/aromatic N) is 1. The molecule has 2 heteroatoms. The van der Waals surface area contributed by atoms with Crippen molar-refractivity contribution in [3.63, 3.8) is 0 Å². The Morgan fingerprint density at radius 1 is 0.714 bits per heavy atom. The van der Waals surface area contributed by atoms with E-state index in [1.54, 1.807) is 0 Å². The van der Waals surface area contributed by atoms with E-state index < -0.39 is 0 Å². The molecule has 0 aromatic carbocycles. The summed E-state index contributed by atoms with van der Waals surface area (Å²) in [5, 5.41) is 0. The van der Waals surface area contributed by atoms with Crippen molar-refractivity contribution in [3.05, 3.63) is 0 Å². The number of rotatable bonds is 11. The van der Waals surface area contributed by atoms with Crippen molar-refractivity contribution in [1.29, 1.82) is 0 Å². The topological polar surface area (TPSA) is 31.5 Å². The van der Waals surface area contributed by atoms with Crippen LogP contribution in [0, 0.1) is 0 Å². The fourth-order valence-corrected chi connectivity index (χ4v) is 1.65. The molecule has 14 heavy (non-hydrogen) atoms. The minimum absolute atomic E-state index is 0.497. The van der Waals surface area contributed by atoms with Gasteiger partial charge in [-0.25, -0.2) is 0 Å². The molecule has 0 fully saturated rings. The molecule has 0 aliphatic carbocycles. The Hall–Kier alpha value is -0.0800. The van der Waals surface area contributed by atoms with Crippen molar-refractivity contribution >= 4 is 0 Å². The molecule has 0 aliphatic heterocycles. The average molecular weight is 199 g/mol. The molecule has 0 atom stereocenters. The SMILES string of the molecule is CCCCCCCCCCCCO[N]. The predicted octanol–water partition coefficient (Wildman–Crippen LogP) is 3.91. The van der Waals surface area contributed by atoms with Crippen molar-refractivity contribution in [2.75, 3.05) is 6.61 Å². The van der Waals surface area contributed by atoms with Crippen molar-refractivity contribution in [2.45, 2.75) is 71.1 Å². The molecule has 0 saturated carbocycles. The van der Waals surface area contributed by atoms with E-state index in [4.69, 9.17) is 5.90 Å². The minimum Gasteiger partial charge on any atom is -0.264 e. The smallest absolute Gasteiger partial charge is 0.0720 e. The zero-order valence-electron chi connectivity index (χ0n) is 9.63. The van der Waals surface area contributed by atoms with E-state index in [9.17, 15) is 0 Å². The highest BCUT2D eigenvalue weighted by molar-refractivity contribution is 4.46.